The Morgan fingerprint density at radius 1 is 1.32 bits per heavy atom. The van der Waals surface area contributed by atoms with E-state index in [0.29, 0.717) is 21.4 Å². The molecule has 0 aliphatic carbocycles. The van der Waals surface area contributed by atoms with E-state index in [4.69, 9.17) is 5.11 Å². The number of benzene rings is 2. The molecule has 2 aromatic rings. The van der Waals surface area contributed by atoms with Gasteiger partial charge in [-0.15, -0.1) is 0 Å². The minimum absolute atomic E-state index is 0.234. The summed E-state index contributed by atoms with van der Waals surface area (Å²) < 4.78 is 14.3. The summed E-state index contributed by atoms with van der Waals surface area (Å²) in [5.74, 6) is -1.36. The number of carboxylic acid groups (broad SMARTS) is 1. The van der Waals surface area contributed by atoms with E-state index in [2.05, 4.69) is 21.2 Å². The third-order valence-electron chi connectivity index (χ3n) is 2.69. The number of anilines is 2. The first-order valence-electron chi connectivity index (χ1n) is 5.54. The molecule has 0 atom stereocenters. The number of para-hydroxylation sites is 1. The van der Waals surface area contributed by atoms with E-state index in [1.807, 2.05) is 0 Å². The third-order valence-corrected chi connectivity index (χ3v) is 3.35. The Balaban J connectivity index is 2.34. The van der Waals surface area contributed by atoms with Gasteiger partial charge < -0.3 is 10.4 Å². The van der Waals surface area contributed by atoms with Gasteiger partial charge in [-0.05, 0) is 58.7 Å². The van der Waals surface area contributed by atoms with Crippen molar-refractivity contribution in [3.63, 3.8) is 0 Å². The van der Waals surface area contributed by atoms with Gasteiger partial charge in [0.1, 0.15) is 5.82 Å². The lowest BCUT2D eigenvalue weighted by Gasteiger charge is -2.11. The fourth-order valence-corrected chi connectivity index (χ4v) is 2.18. The Hall–Kier alpha value is -1.88. The van der Waals surface area contributed by atoms with E-state index >= 15 is 0 Å². The minimum atomic E-state index is -0.976. The maximum atomic E-state index is 13.7. The average Bonchev–Trinajstić information content (AvgIpc) is 2.33. The number of carboxylic acids is 1. The van der Waals surface area contributed by atoms with Gasteiger partial charge in [-0.2, -0.15) is 0 Å². The van der Waals surface area contributed by atoms with Crippen LogP contribution >= 0.6 is 15.9 Å². The van der Waals surface area contributed by atoms with Gasteiger partial charge in [0.15, 0.2) is 0 Å². The van der Waals surface area contributed by atoms with E-state index in [-0.39, 0.29) is 11.4 Å². The van der Waals surface area contributed by atoms with Gasteiger partial charge in [-0.3, -0.25) is 0 Å². The monoisotopic (exact) mass is 323 g/mol. The summed E-state index contributed by atoms with van der Waals surface area (Å²) in [6, 6.07) is 9.45. The van der Waals surface area contributed by atoms with Crippen LogP contribution in [0.2, 0.25) is 0 Å². The molecule has 0 unspecified atom stereocenters. The second-order valence-corrected chi connectivity index (χ2v) is 4.91. The molecule has 0 saturated heterocycles. The molecule has 2 N–H and O–H groups in total. The molecule has 0 aromatic heterocycles. The van der Waals surface area contributed by atoms with Crippen LogP contribution in [0.15, 0.2) is 40.9 Å². The lowest BCUT2D eigenvalue weighted by molar-refractivity contribution is 0.0696. The highest BCUT2D eigenvalue weighted by Gasteiger charge is 2.10. The van der Waals surface area contributed by atoms with E-state index in [1.54, 1.807) is 31.2 Å². The Morgan fingerprint density at radius 3 is 2.63 bits per heavy atom. The van der Waals surface area contributed by atoms with Crippen molar-refractivity contribution >= 4 is 33.3 Å². The first-order chi connectivity index (χ1) is 8.99. The van der Waals surface area contributed by atoms with Gasteiger partial charge in [0.2, 0.25) is 0 Å². The molecule has 19 heavy (non-hydrogen) atoms. The number of carbonyl (C=O) groups is 1. The molecule has 0 fully saturated rings. The van der Waals surface area contributed by atoms with E-state index in [0.717, 1.165) is 0 Å². The molecule has 3 nitrogen and oxygen atoms in total. The topological polar surface area (TPSA) is 49.3 Å². The Morgan fingerprint density at radius 2 is 2.05 bits per heavy atom. The third kappa shape index (κ3) is 2.93. The minimum Gasteiger partial charge on any atom is -0.478 e. The maximum Gasteiger partial charge on any atom is 0.335 e. The predicted octanol–water partition coefficient (Wildman–Crippen LogP) is 4.34. The second kappa shape index (κ2) is 5.40. The lowest BCUT2D eigenvalue weighted by atomic mass is 10.1. The second-order valence-electron chi connectivity index (χ2n) is 4.06. The zero-order valence-electron chi connectivity index (χ0n) is 10.1. The largest absolute Gasteiger partial charge is 0.478 e. The molecule has 5 heteroatoms. The van der Waals surface area contributed by atoms with Crippen molar-refractivity contribution in [3.8, 4) is 0 Å². The van der Waals surface area contributed by atoms with Crippen molar-refractivity contribution in [2.75, 3.05) is 5.32 Å². The van der Waals surface area contributed by atoms with Crippen molar-refractivity contribution in [1.29, 1.82) is 0 Å². The summed E-state index contributed by atoms with van der Waals surface area (Å²) in [5, 5.41) is 11.9. The highest BCUT2D eigenvalue weighted by molar-refractivity contribution is 9.10. The average molecular weight is 324 g/mol. The van der Waals surface area contributed by atoms with Crippen LogP contribution < -0.4 is 5.32 Å². The summed E-state index contributed by atoms with van der Waals surface area (Å²) in [5.41, 5.74) is 1.81. The highest BCUT2D eigenvalue weighted by atomic mass is 79.9. The molecular weight excluding hydrogens is 313 g/mol. The summed E-state index contributed by atoms with van der Waals surface area (Å²) in [6.45, 7) is 1.70. The summed E-state index contributed by atoms with van der Waals surface area (Å²) in [6.07, 6.45) is 0. The van der Waals surface area contributed by atoms with E-state index in [9.17, 15) is 9.18 Å². The Kier molecular flexibility index (Phi) is 3.85. The van der Waals surface area contributed by atoms with Crippen molar-refractivity contribution < 1.29 is 14.3 Å². The van der Waals surface area contributed by atoms with E-state index in [1.165, 1.54) is 12.1 Å². The molecule has 0 amide bonds. The van der Waals surface area contributed by atoms with Crippen LogP contribution in [-0.2, 0) is 0 Å². The molecule has 0 aliphatic heterocycles. The van der Waals surface area contributed by atoms with Crippen LogP contribution in [0.3, 0.4) is 0 Å². The zero-order valence-corrected chi connectivity index (χ0v) is 11.7. The number of hydrogen-bond donors (Lipinski definition) is 2. The van der Waals surface area contributed by atoms with Crippen LogP contribution in [-0.4, -0.2) is 11.1 Å². The van der Waals surface area contributed by atoms with Gasteiger partial charge in [0.25, 0.3) is 0 Å². The predicted molar refractivity (Wildman–Crippen MR) is 75.5 cm³/mol. The molecular formula is C14H11BrFNO2. The van der Waals surface area contributed by atoms with Gasteiger partial charge in [-0.25, -0.2) is 9.18 Å². The van der Waals surface area contributed by atoms with Crippen LogP contribution in [0.5, 0.6) is 0 Å². The summed E-state index contributed by atoms with van der Waals surface area (Å²) in [4.78, 5) is 10.9. The SMILES string of the molecule is Cc1cc(Nc2c(F)cccc2Br)ccc1C(=O)O. The zero-order chi connectivity index (χ0) is 14.0. The number of nitrogens with one attached hydrogen (secondary N) is 1. The fourth-order valence-electron chi connectivity index (χ4n) is 1.74. The van der Waals surface area contributed by atoms with Gasteiger partial charge >= 0.3 is 5.97 Å². The quantitative estimate of drug-likeness (QED) is 0.883. The molecule has 0 heterocycles. The highest BCUT2D eigenvalue weighted by Crippen LogP contribution is 2.29. The van der Waals surface area contributed by atoms with Crippen LogP contribution in [0.25, 0.3) is 0 Å². The van der Waals surface area contributed by atoms with Crippen molar-refractivity contribution in [2.45, 2.75) is 6.92 Å². The lowest BCUT2D eigenvalue weighted by Crippen LogP contribution is -2.01. The van der Waals surface area contributed by atoms with Crippen molar-refractivity contribution in [1.82, 2.24) is 0 Å². The molecule has 0 radical (unpaired) electrons. The first-order valence-corrected chi connectivity index (χ1v) is 6.33. The summed E-state index contributed by atoms with van der Waals surface area (Å²) in [7, 11) is 0. The summed E-state index contributed by atoms with van der Waals surface area (Å²) >= 11 is 3.26. The fraction of sp³-hybridized carbons (Fsp3) is 0.0714. The number of halogens is 2. The molecule has 98 valence electrons. The number of hydrogen-bond acceptors (Lipinski definition) is 2. The Labute approximate surface area is 118 Å². The van der Waals surface area contributed by atoms with Crippen LogP contribution in [0.4, 0.5) is 15.8 Å². The Bertz CT molecular complexity index is 623. The van der Waals surface area contributed by atoms with Crippen molar-refractivity contribution in [3.05, 3.63) is 57.8 Å². The van der Waals surface area contributed by atoms with Crippen LogP contribution in [0.1, 0.15) is 15.9 Å². The van der Waals surface area contributed by atoms with Gasteiger partial charge in [-0.1, -0.05) is 6.07 Å². The standard InChI is InChI=1S/C14H11BrFNO2/c1-8-7-9(5-6-10(8)14(18)19)17-13-11(15)3-2-4-12(13)16/h2-7,17H,1H3,(H,18,19). The number of rotatable bonds is 3. The normalized spacial score (nSPS) is 10.3. The molecule has 0 saturated carbocycles. The van der Waals surface area contributed by atoms with Crippen LogP contribution in [0, 0.1) is 12.7 Å². The first kappa shape index (κ1) is 13.5. The molecule has 0 bridgehead atoms. The molecule has 0 aliphatic rings. The van der Waals surface area contributed by atoms with Gasteiger partial charge in [0, 0.05) is 10.2 Å². The smallest absolute Gasteiger partial charge is 0.335 e. The molecule has 2 rings (SSSR count). The number of aromatic carboxylic acids is 1. The van der Waals surface area contributed by atoms with E-state index < -0.39 is 5.97 Å². The number of aryl methyl sites for hydroxylation is 1. The maximum absolute atomic E-state index is 13.7. The van der Waals surface area contributed by atoms with Crippen molar-refractivity contribution in [2.24, 2.45) is 0 Å². The molecule has 0 spiro atoms. The molecule has 2 aromatic carbocycles. The van der Waals surface area contributed by atoms with Gasteiger partial charge in [0.05, 0.1) is 11.3 Å².